The van der Waals surface area contributed by atoms with Gasteiger partial charge in [-0.3, -0.25) is 0 Å². The molecule has 2 heteroatoms. The number of hydrogen-bond donors (Lipinski definition) is 0. The molecule has 2 aliphatic carbocycles. The number of benzene rings is 4. The molecule has 47 heavy (non-hydrogen) atoms. The van der Waals surface area contributed by atoms with E-state index in [1.165, 1.54) is 69.9 Å². The van der Waals surface area contributed by atoms with E-state index in [1.54, 1.807) is 19.6 Å². The average molecular weight is 804 g/mol. The van der Waals surface area contributed by atoms with E-state index in [1.807, 2.05) is 0 Å². The van der Waals surface area contributed by atoms with Crippen LogP contribution < -0.4 is 5.19 Å². The Kier molecular flexibility index (Phi) is 9.69. The summed E-state index contributed by atoms with van der Waals surface area (Å²) in [6, 6.07) is 38.5. The molecule has 0 amide bonds. The van der Waals surface area contributed by atoms with Crippen LogP contribution in [0.3, 0.4) is 0 Å². The number of allylic oxidation sites excluding steroid dienone is 4. The number of hydrogen-bond acceptors (Lipinski definition) is 0. The molecule has 0 fully saturated rings. The molecule has 0 nitrogen and oxygen atoms in total. The Bertz CT molecular complexity index is 1820. The molecule has 0 bridgehead atoms. The van der Waals surface area contributed by atoms with Gasteiger partial charge in [0.2, 0.25) is 0 Å². The van der Waals surface area contributed by atoms with Crippen molar-refractivity contribution in [3.63, 3.8) is 0 Å². The zero-order chi connectivity index (χ0) is 33.4. The topological polar surface area (TPSA) is 0 Å². The van der Waals surface area contributed by atoms with Crippen molar-refractivity contribution < 1.29 is 18.0 Å². The van der Waals surface area contributed by atoms with Crippen LogP contribution in [0.15, 0.2) is 109 Å². The van der Waals surface area contributed by atoms with Gasteiger partial charge >= 0.3 is 289 Å². The van der Waals surface area contributed by atoms with E-state index in [9.17, 15) is 0 Å². The average Bonchev–Trinajstić information content (AvgIpc) is 3.74. The summed E-state index contributed by atoms with van der Waals surface area (Å²) in [5.74, 6) is 0. The van der Waals surface area contributed by atoms with Crippen molar-refractivity contribution in [3.05, 3.63) is 148 Å². The van der Waals surface area contributed by atoms with Gasteiger partial charge in [-0.05, 0) is 0 Å². The molecule has 0 aliphatic heterocycles. The third kappa shape index (κ3) is 5.76. The SMILES string of the molecule is CCCCc1ccc([C](c2ccc([Si](CC)(CC)CC)cc2)=[Hf]([CH3])([CH3])([CH]2C=CC=C2)[CH]2c3cc(C)ccc3-c3ccc(C)cc32)cc1. The van der Waals surface area contributed by atoms with Crippen LogP contribution in [-0.4, -0.2) is 11.3 Å². The first-order valence-electron chi connectivity index (χ1n) is 18.4. The third-order valence-electron chi connectivity index (χ3n) is 12.7. The van der Waals surface area contributed by atoms with Crippen molar-refractivity contribution in [1.29, 1.82) is 0 Å². The fraction of sp³-hybridized carbons (Fsp3) is 0.356. The van der Waals surface area contributed by atoms with Crippen LogP contribution >= 0.6 is 0 Å². The molecule has 0 radical (unpaired) electrons. The second-order valence-electron chi connectivity index (χ2n) is 15.6. The summed E-state index contributed by atoms with van der Waals surface area (Å²) in [5, 5.41) is 1.63. The van der Waals surface area contributed by atoms with Crippen LogP contribution in [0.1, 0.15) is 83.2 Å². The van der Waals surface area contributed by atoms with Crippen LogP contribution in [0.2, 0.25) is 31.2 Å². The van der Waals surface area contributed by atoms with Crippen molar-refractivity contribution in [2.24, 2.45) is 0 Å². The van der Waals surface area contributed by atoms with Crippen molar-refractivity contribution in [1.82, 2.24) is 0 Å². The van der Waals surface area contributed by atoms with E-state index < -0.39 is 26.1 Å². The number of fused-ring (bicyclic) bond motifs is 3. The van der Waals surface area contributed by atoms with Crippen molar-refractivity contribution in [2.75, 3.05) is 0 Å². The molecule has 0 spiro atoms. The van der Waals surface area contributed by atoms with Gasteiger partial charge in [0.15, 0.2) is 0 Å². The van der Waals surface area contributed by atoms with Crippen LogP contribution in [0.25, 0.3) is 11.1 Å². The van der Waals surface area contributed by atoms with Gasteiger partial charge in [-0.25, -0.2) is 0 Å². The zero-order valence-electron chi connectivity index (χ0n) is 30.3. The molecule has 0 saturated carbocycles. The Morgan fingerprint density at radius 1 is 0.638 bits per heavy atom. The van der Waals surface area contributed by atoms with Crippen LogP contribution in [0, 0.1) is 13.8 Å². The molecule has 0 unspecified atom stereocenters. The molecule has 0 heterocycles. The van der Waals surface area contributed by atoms with Crippen molar-refractivity contribution >= 4 is 16.5 Å². The minimum atomic E-state index is -4.45. The summed E-state index contributed by atoms with van der Waals surface area (Å²) in [6.45, 7) is 14.1. The summed E-state index contributed by atoms with van der Waals surface area (Å²) in [6.07, 6.45) is 13.4. The second kappa shape index (κ2) is 13.3. The third-order valence-corrected chi connectivity index (χ3v) is 43.4. The van der Waals surface area contributed by atoms with Crippen molar-refractivity contribution in [3.8, 4) is 11.1 Å². The summed E-state index contributed by atoms with van der Waals surface area (Å²) < 4.78 is 8.11. The predicted molar refractivity (Wildman–Crippen MR) is 208 cm³/mol. The maximum atomic E-state index is 2.81. The van der Waals surface area contributed by atoms with Gasteiger partial charge in [0.1, 0.15) is 0 Å². The van der Waals surface area contributed by atoms with Crippen LogP contribution in [0.4, 0.5) is 0 Å². The van der Waals surface area contributed by atoms with Gasteiger partial charge in [0.25, 0.3) is 0 Å². The van der Waals surface area contributed by atoms with Crippen LogP contribution in [-0.2, 0) is 24.4 Å². The summed E-state index contributed by atoms with van der Waals surface area (Å²) in [4.78, 5) is 0. The predicted octanol–water partition coefficient (Wildman–Crippen LogP) is 12.4. The van der Waals surface area contributed by atoms with Gasteiger partial charge in [-0.1, -0.05) is 0 Å². The Morgan fingerprint density at radius 3 is 1.60 bits per heavy atom. The zero-order valence-corrected chi connectivity index (χ0v) is 34.9. The van der Waals surface area contributed by atoms with Gasteiger partial charge in [-0.15, -0.1) is 0 Å². The molecular weight excluding hydrogens is 747 g/mol. The molecule has 0 atom stereocenters. The van der Waals surface area contributed by atoms with Crippen LogP contribution in [0.5, 0.6) is 0 Å². The summed E-state index contributed by atoms with van der Waals surface area (Å²) in [7, 11) is -1.49. The van der Waals surface area contributed by atoms with E-state index in [2.05, 4.69) is 160 Å². The maximum absolute atomic E-state index is 4.45. The normalized spacial score (nSPS) is 14.9. The standard InChI is InChI=1S/C23H32Si.C15H13.C5H5.2CH3.Hf/c1-5-9-10-20-11-13-21(14-12-20)19-22-15-17-23(18-16-22)24(6-2,7-3)8-4;1-10-3-5-14-12(7-10)9-13-8-11(2)4-6-15(13)14;1-2-4-5-3-1;;;/h11-18H,5-10H2,1-4H3;3-9H,1-2H3;1-5H;2*1H3;. The Balaban J connectivity index is 1.74. The van der Waals surface area contributed by atoms with E-state index in [-0.39, 0.29) is 0 Å². The van der Waals surface area contributed by atoms with E-state index in [0.29, 0.717) is 7.35 Å². The Labute approximate surface area is 287 Å². The first-order valence-corrected chi connectivity index (χ1v) is 34.2. The summed E-state index contributed by atoms with van der Waals surface area (Å²) in [5.41, 5.74) is 13.1. The molecule has 244 valence electrons. The summed E-state index contributed by atoms with van der Waals surface area (Å²) >= 11 is -4.45. The Morgan fingerprint density at radius 2 is 1.13 bits per heavy atom. The molecular formula is C45H56HfSi. The van der Waals surface area contributed by atoms with E-state index in [0.717, 1.165) is 6.42 Å². The number of aryl methyl sites for hydroxylation is 3. The van der Waals surface area contributed by atoms with Gasteiger partial charge in [0, 0.05) is 0 Å². The Hall–Kier alpha value is -2.68. The van der Waals surface area contributed by atoms with Gasteiger partial charge in [-0.2, -0.15) is 0 Å². The number of rotatable bonds is 11. The first kappa shape index (κ1) is 34.2. The molecule has 0 saturated heterocycles. The number of unbranched alkanes of at least 4 members (excludes halogenated alkanes) is 1. The quantitative estimate of drug-likeness (QED) is 0.133. The molecule has 4 aromatic rings. The van der Waals surface area contributed by atoms with Gasteiger partial charge < -0.3 is 0 Å². The van der Waals surface area contributed by atoms with Gasteiger partial charge in [0.05, 0.1) is 0 Å². The second-order valence-corrected chi connectivity index (χ2v) is 45.9. The fourth-order valence-electron chi connectivity index (χ4n) is 9.63. The van der Waals surface area contributed by atoms with E-state index in [4.69, 9.17) is 0 Å². The molecule has 0 N–H and O–H groups in total. The van der Waals surface area contributed by atoms with E-state index >= 15 is 0 Å². The molecule has 0 aromatic heterocycles. The van der Waals surface area contributed by atoms with Crippen molar-refractivity contribution in [2.45, 2.75) is 95.6 Å². The fourth-order valence-corrected chi connectivity index (χ4v) is 38.2. The minimum absolute atomic E-state index is 0.388. The molecule has 6 rings (SSSR count). The monoisotopic (exact) mass is 804 g/mol. The molecule has 4 aromatic carbocycles. The first-order chi connectivity index (χ1) is 22.6. The molecule has 2 aliphatic rings.